The van der Waals surface area contributed by atoms with Gasteiger partial charge in [0.25, 0.3) is 0 Å². The van der Waals surface area contributed by atoms with Crippen molar-refractivity contribution in [1.82, 2.24) is 0 Å². The number of hydrogen-bond acceptors (Lipinski definition) is 0. The zero-order chi connectivity index (χ0) is 12.7. The standard InChI is InChI=1S/C18H20/c1-4-12(2)14-9-10-17-16-8-6-5-7-15(16)13(3)18(17)11-14/h5-13H,4H2,1-3H3. The summed E-state index contributed by atoms with van der Waals surface area (Å²) in [5.74, 6) is 1.20. The van der Waals surface area contributed by atoms with Crippen molar-refractivity contribution >= 4 is 0 Å². The van der Waals surface area contributed by atoms with Crippen molar-refractivity contribution < 1.29 is 0 Å². The summed E-state index contributed by atoms with van der Waals surface area (Å²) >= 11 is 0. The molecule has 1 aliphatic carbocycles. The second-order valence-corrected chi connectivity index (χ2v) is 5.46. The Morgan fingerprint density at radius 2 is 1.72 bits per heavy atom. The lowest BCUT2D eigenvalue weighted by Crippen LogP contribution is -1.95. The first-order valence-corrected chi connectivity index (χ1v) is 6.95. The Morgan fingerprint density at radius 3 is 2.50 bits per heavy atom. The van der Waals surface area contributed by atoms with Gasteiger partial charge < -0.3 is 0 Å². The SMILES string of the molecule is CCC(C)c1ccc2c(c1)C(C)c1ccccc1-2. The van der Waals surface area contributed by atoms with Gasteiger partial charge in [0.1, 0.15) is 0 Å². The Balaban J connectivity index is 2.14. The van der Waals surface area contributed by atoms with Gasteiger partial charge in [0.2, 0.25) is 0 Å². The maximum atomic E-state index is 2.42. The molecule has 0 heteroatoms. The van der Waals surface area contributed by atoms with Crippen molar-refractivity contribution in [3.05, 3.63) is 59.2 Å². The van der Waals surface area contributed by atoms with Crippen LogP contribution >= 0.6 is 0 Å². The van der Waals surface area contributed by atoms with E-state index < -0.39 is 0 Å². The van der Waals surface area contributed by atoms with E-state index in [1.54, 1.807) is 0 Å². The molecular weight excluding hydrogens is 216 g/mol. The highest BCUT2D eigenvalue weighted by atomic mass is 14.3. The van der Waals surface area contributed by atoms with Crippen molar-refractivity contribution in [3.8, 4) is 11.1 Å². The van der Waals surface area contributed by atoms with E-state index in [2.05, 4.69) is 63.2 Å². The summed E-state index contributed by atoms with van der Waals surface area (Å²) in [6, 6.07) is 15.9. The molecule has 0 fully saturated rings. The molecule has 92 valence electrons. The summed E-state index contributed by atoms with van der Waals surface area (Å²) in [5.41, 5.74) is 7.33. The highest BCUT2D eigenvalue weighted by Crippen LogP contribution is 2.45. The first-order chi connectivity index (χ1) is 8.72. The van der Waals surface area contributed by atoms with Crippen LogP contribution in [0.25, 0.3) is 11.1 Å². The molecule has 0 nitrogen and oxygen atoms in total. The summed E-state index contributed by atoms with van der Waals surface area (Å²) < 4.78 is 0. The Morgan fingerprint density at radius 1 is 1.00 bits per heavy atom. The second-order valence-electron chi connectivity index (χ2n) is 5.46. The summed E-state index contributed by atoms with van der Waals surface area (Å²) in [6.07, 6.45) is 1.21. The maximum absolute atomic E-state index is 2.42. The van der Waals surface area contributed by atoms with Crippen LogP contribution in [-0.2, 0) is 0 Å². The van der Waals surface area contributed by atoms with E-state index in [1.165, 1.54) is 34.2 Å². The Kier molecular flexibility index (Phi) is 2.74. The minimum atomic E-state index is 0.542. The van der Waals surface area contributed by atoms with Crippen molar-refractivity contribution in [2.45, 2.75) is 39.0 Å². The van der Waals surface area contributed by atoms with Crippen LogP contribution in [0.3, 0.4) is 0 Å². The van der Waals surface area contributed by atoms with E-state index in [-0.39, 0.29) is 0 Å². The molecule has 0 aromatic heterocycles. The predicted molar refractivity (Wildman–Crippen MR) is 78.1 cm³/mol. The van der Waals surface area contributed by atoms with Crippen LogP contribution in [-0.4, -0.2) is 0 Å². The smallest absolute Gasteiger partial charge is 0.00734 e. The van der Waals surface area contributed by atoms with Gasteiger partial charge in [-0.25, -0.2) is 0 Å². The highest BCUT2D eigenvalue weighted by molar-refractivity contribution is 5.78. The third-order valence-electron chi connectivity index (χ3n) is 4.44. The molecule has 2 unspecified atom stereocenters. The van der Waals surface area contributed by atoms with E-state index in [0.29, 0.717) is 11.8 Å². The molecule has 0 N–H and O–H groups in total. The predicted octanol–water partition coefficient (Wildman–Crippen LogP) is 5.33. The molecule has 0 heterocycles. The molecule has 0 bridgehead atoms. The van der Waals surface area contributed by atoms with E-state index in [4.69, 9.17) is 0 Å². The maximum Gasteiger partial charge on any atom is 0.00734 e. The van der Waals surface area contributed by atoms with Crippen molar-refractivity contribution in [1.29, 1.82) is 0 Å². The van der Waals surface area contributed by atoms with Gasteiger partial charge in [0, 0.05) is 5.92 Å². The molecule has 0 aliphatic heterocycles. The molecule has 2 atom stereocenters. The fraction of sp³-hybridized carbons (Fsp3) is 0.333. The van der Waals surface area contributed by atoms with Crippen LogP contribution < -0.4 is 0 Å². The molecule has 0 saturated carbocycles. The van der Waals surface area contributed by atoms with Crippen LogP contribution in [0.2, 0.25) is 0 Å². The molecule has 3 rings (SSSR count). The third-order valence-corrected chi connectivity index (χ3v) is 4.44. The number of fused-ring (bicyclic) bond motifs is 3. The summed E-state index contributed by atoms with van der Waals surface area (Å²) in [6.45, 7) is 6.90. The lowest BCUT2D eigenvalue weighted by atomic mass is 9.92. The Hall–Kier alpha value is -1.56. The molecule has 18 heavy (non-hydrogen) atoms. The number of rotatable bonds is 2. The van der Waals surface area contributed by atoms with Crippen molar-refractivity contribution in [3.63, 3.8) is 0 Å². The average molecular weight is 236 g/mol. The van der Waals surface area contributed by atoms with Gasteiger partial charge in [-0.05, 0) is 40.2 Å². The van der Waals surface area contributed by atoms with Crippen LogP contribution in [0.5, 0.6) is 0 Å². The molecule has 0 radical (unpaired) electrons. The van der Waals surface area contributed by atoms with Crippen LogP contribution in [0.4, 0.5) is 0 Å². The zero-order valence-electron chi connectivity index (χ0n) is 11.4. The van der Waals surface area contributed by atoms with Gasteiger partial charge in [-0.1, -0.05) is 63.2 Å². The van der Waals surface area contributed by atoms with Crippen LogP contribution in [0.15, 0.2) is 42.5 Å². The van der Waals surface area contributed by atoms with Crippen LogP contribution in [0.1, 0.15) is 55.7 Å². The first-order valence-electron chi connectivity index (χ1n) is 6.95. The molecule has 2 aromatic carbocycles. The first kappa shape index (κ1) is 11.5. The van der Waals surface area contributed by atoms with Gasteiger partial charge in [0.05, 0.1) is 0 Å². The number of benzene rings is 2. The Labute approximate surface area is 110 Å². The minimum Gasteiger partial charge on any atom is -0.0648 e. The zero-order valence-corrected chi connectivity index (χ0v) is 11.4. The lowest BCUT2D eigenvalue weighted by molar-refractivity contribution is 0.731. The molecule has 2 aromatic rings. The minimum absolute atomic E-state index is 0.542. The largest absolute Gasteiger partial charge is 0.0648 e. The van der Waals surface area contributed by atoms with E-state index in [0.717, 1.165) is 0 Å². The monoisotopic (exact) mass is 236 g/mol. The Bertz CT molecular complexity index is 580. The van der Waals surface area contributed by atoms with Crippen LogP contribution in [0, 0.1) is 0 Å². The summed E-state index contributed by atoms with van der Waals surface area (Å²) in [5, 5.41) is 0. The highest BCUT2D eigenvalue weighted by Gasteiger charge is 2.25. The molecule has 0 amide bonds. The summed E-state index contributed by atoms with van der Waals surface area (Å²) in [4.78, 5) is 0. The van der Waals surface area contributed by atoms with E-state index >= 15 is 0 Å². The average Bonchev–Trinajstić information content (AvgIpc) is 2.72. The molecule has 0 spiro atoms. The molecular formula is C18H20. The van der Waals surface area contributed by atoms with Gasteiger partial charge in [-0.15, -0.1) is 0 Å². The van der Waals surface area contributed by atoms with E-state index in [9.17, 15) is 0 Å². The second kappa shape index (κ2) is 4.28. The van der Waals surface area contributed by atoms with Gasteiger partial charge >= 0.3 is 0 Å². The fourth-order valence-corrected chi connectivity index (χ4v) is 3.01. The van der Waals surface area contributed by atoms with Gasteiger partial charge in [-0.3, -0.25) is 0 Å². The third kappa shape index (κ3) is 1.59. The molecule has 0 saturated heterocycles. The fourth-order valence-electron chi connectivity index (χ4n) is 3.01. The topological polar surface area (TPSA) is 0 Å². The van der Waals surface area contributed by atoms with E-state index in [1.807, 2.05) is 0 Å². The van der Waals surface area contributed by atoms with Crippen molar-refractivity contribution in [2.75, 3.05) is 0 Å². The quantitative estimate of drug-likeness (QED) is 0.661. The normalized spacial score (nSPS) is 18.3. The van der Waals surface area contributed by atoms with Gasteiger partial charge in [0.15, 0.2) is 0 Å². The summed E-state index contributed by atoms with van der Waals surface area (Å²) in [7, 11) is 0. The van der Waals surface area contributed by atoms with Crippen molar-refractivity contribution in [2.24, 2.45) is 0 Å². The van der Waals surface area contributed by atoms with Gasteiger partial charge in [-0.2, -0.15) is 0 Å². The number of hydrogen-bond donors (Lipinski definition) is 0. The lowest BCUT2D eigenvalue weighted by Gasteiger charge is -2.13. The molecule has 1 aliphatic rings.